The summed E-state index contributed by atoms with van der Waals surface area (Å²) in [5.41, 5.74) is 1.69. The van der Waals surface area contributed by atoms with Gasteiger partial charge in [-0.2, -0.15) is 5.10 Å². The van der Waals surface area contributed by atoms with Gasteiger partial charge in [0.1, 0.15) is 0 Å². The van der Waals surface area contributed by atoms with Gasteiger partial charge in [0.05, 0.1) is 5.69 Å². The molecule has 5 nitrogen and oxygen atoms in total. The average Bonchev–Trinajstić information content (AvgIpc) is 3.01. The standard InChI is InChI=1S/C15H18N4O/c1-12-11-16-8-10-18(12)15(20)13-3-5-14(6-4-13)19-9-2-7-17-19/h2-7,9,12,16H,8,10-11H2,1H3/t12-/m1/s1. The van der Waals surface area contributed by atoms with E-state index in [0.29, 0.717) is 0 Å². The van der Waals surface area contributed by atoms with Crippen molar-refractivity contribution in [3.63, 3.8) is 0 Å². The SMILES string of the molecule is C[C@@H]1CNCCN1C(=O)c1ccc(-n2cccn2)cc1. The van der Waals surface area contributed by atoms with Gasteiger partial charge < -0.3 is 10.2 Å². The van der Waals surface area contributed by atoms with Crippen molar-refractivity contribution in [2.24, 2.45) is 0 Å². The smallest absolute Gasteiger partial charge is 0.254 e. The van der Waals surface area contributed by atoms with Crippen LogP contribution in [-0.4, -0.2) is 46.3 Å². The molecule has 1 aliphatic heterocycles. The molecule has 104 valence electrons. The normalized spacial score (nSPS) is 19.1. The molecular formula is C15H18N4O. The summed E-state index contributed by atoms with van der Waals surface area (Å²) in [6.45, 7) is 4.56. The van der Waals surface area contributed by atoms with Crippen LogP contribution < -0.4 is 5.32 Å². The minimum absolute atomic E-state index is 0.103. The van der Waals surface area contributed by atoms with Crippen LogP contribution in [0.5, 0.6) is 0 Å². The first-order chi connectivity index (χ1) is 9.75. The number of amides is 1. The molecule has 1 fully saturated rings. The van der Waals surface area contributed by atoms with Crippen LogP contribution in [0.15, 0.2) is 42.7 Å². The van der Waals surface area contributed by atoms with Crippen molar-refractivity contribution in [3.05, 3.63) is 48.3 Å². The Kier molecular flexibility index (Phi) is 3.52. The maximum atomic E-state index is 12.5. The van der Waals surface area contributed by atoms with Crippen LogP contribution >= 0.6 is 0 Å². The van der Waals surface area contributed by atoms with Crippen LogP contribution in [0.4, 0.5) is 0 Å². The van der Waals surface area contributed by atoms with E-state index in [1.54, 1.807) is 10.9 Å². The predicted molar refractivity (Wildman–Crippen MR) is 76.9 cm³/mol. The van der Waals surface area contributed by atoms with Gasteiger partial charge in [0, 0.05) is 43.6 Å². The number of carbonyl (C=O) groups is 1. The molecule has 1 aliphatic rings. The van der Waals surface area contributed by atoms with Gasteiger partial charge in [-0.3, -0.25) is 4.79 Å². The van der Waals surface area contributed by atoms with E-state index in [9.17, 15) is 4.79 Å². The molecule has 0 bridgehead atoms. The summed E-state index contributed by atoms with van der Waals surface area (Å²) < 4.78 is 1.78. The van der Waals surface area contributed by atoms with Crippen molar-refractivity contribution in [1.29, 1.82) is 0 Å². The molecule has 1 N–H and O–H groups in total. The Morgan fingerprint density at radius 3 is 2.80 bits per heavy atom. The summed E-state index contributed by atoms with van der Waals surface area (Å²) in [7, 11) is 0. The zero-order valence-corrected chi connectivity index (χ0v) is 11.5. The summed E-state index contributed by atoms with van der Waals surface area (Å²) in [4.78, 5) is 14.4. The molecule has 1 aromatic carbocycles. The van der Waals surface area contributed by atoms with Crippen molar-refractivity contribution in [3.8, 4) is 5.69 Å². The monoisotopic (exact) mass is 270 g/mol. The number of aromatic nitrogens is 2. The van der Waals surface area contributed by atoms with E-state index in [4.69, 9.17) is 0 Å². The predicted octanol–water partition coefficient (Wildman–Crippen LogP) is 1.31. The molecule has 2 heterocycles. The highest BCUT2D eigenvalue weighted by molar-refractivity contribution is 5.94. The summed E-state index contributed by atoms with van der Waals surface area (Å²) >= 11 is 0. The van der Waals surface area contributed by atoms with Crippen LogP contribution in [0.2, 0.25) is 0 Å². The second-order valence-electron chi connectivity index (χ2n) is 5.05. The van der Waals surface area contributed by atoms with Gasteiger partial charge in [0.2, 0.25) is 0 Å². The third-order valence-electron chi connectivity index (χ3n) is 3.65. The minimum Gasteiger partial charge on any atom is -0.333 e. The van der Waals surface area contributed by atoms with Crippen molar-refractivity contribution >= 4 is 5.91 Å². The molecule has 3 rings (SSSR count). The minimum atomic E-state index is 0.103. The first-order valence-electron chi connectivity index (χ1n) is 6.87. The van der Waals surface area contributed by atoms with Crippen LogP contribution in [0.25, 0.3) is 5.69 Å². The molecule has 0 saturated carbocycles. The summed E-state index contributed by atoms with van der Waals surface area (Å²) in [5.74, 6) is 0.103. The lowest BCUT2D eigenvalue weighted by atomic mass is 10.1. The lowest BCUT2D eigenvalue weighted by Crippen LogP contribution is -2.52. The third-order valence-corrected chi connectivity index (χ3v) is 3.65. The van der Waals surface area contributed by atoms with E-state index in [1.807, 2.05) is 41.4 Å². The molecule has 1 aromatic heterocycles. The van der Waals surface area contributed by atoms with Crippen molar-refractivity contribution in [1.82, 2.24) is 20.0 Å². The fraction of sp³-hybridized carbons (Fsp3) is 0.333. The Morgan fingerprint density at radius 1 is 1.35 bits per heavy atom. The maximum absolute atomic E-state index is 12.5. The van der Waals surface area contributed by atoms with E-state index in [-0.39, 0.29) is 11.9 Å². The topological polar surface area (TPSA) is 50.2 Å². The number of rotatable bonds is 2. The molecule has 1 saturated heterocycles. The van der Waals surface area contributed by atoms with Crippen LogP contribution in [0.1, 0.15) is 17.3 Å². The van der Waals surface area contributed by atoms with Gasteiger partial charge in [0.25, 0.3) is 5.91 Å². The lowest BCUT2D eigenvalue weighted by Gasteiger charge is -2.34. The van der Waals surface area contributed by atoms with Gasteiger partial charge in [-0.15, -0.1) is 0 Å². The van der Waals surface area contributed by atoms with Gasteiger partial charge in [-0.05, 0) is 37.3 Å². The number of nitrogens with one attached hydrogen (secondary N) is 1. The lowest BCUT2D eigenvalue weighted by molar-refractivity contribution is 0.0656. The molecule has 1 amide bonds. The number of nitrogens with zero attached hydrogens (tertiary/aromatic N) is 3. The molecule has 20 heavy (non-hydrogen) atoms. The number of hydrogen-bond donors (Lipinski definition) is 1. The Hall–Kier alpha value is -2.14. The zero-order valence-electron chi connectivity index (χ0n) is 11.5. The first-order valence-corrected chi connectivity index (χ1v) is 6.87. The van der Waals surface area contributed by atoms with E-state index in [0.717, 1.165) is 30.9 Å². The molecule has 2 aromatic rings. The van der Waals surface area contributed by atoms with Crippen molar-refractivity contribution in [2.45, 2.75) is 13.0 Å². The third kappa shape index (κ3) is 2.44. The molecular weight excluding hydrogens is 252 g/mol. The second kappa shape index (κ2) is 5.46. The van der Waals surface area contributed by atoms with Crippen LogP contribution in [0.3, 0.4) is 0 Å². The number of piperazine rings is 1. The summed E-state index contributed by atoms with van der Waals surface area (Å²) in [6.07, 6.45) is 3.62. The highest BCUT2D eigenvalue weighted by Gasteiger charge is 2.23. The van der Waals surface area contributed by atoms with Crippen LogP contribution in [0, 0.1) is 0 Å². The Balaban J connectivity index is 1.78. The van der Waals surface area contributed by atoms with Gasteiger partial charge in [0.15, 0.2) is 0 Å². The van der Waals surface area contributed by atoms with Crippen molar-refractivity contribution < 1.29 is 4.79 Å². The van der Waals surface area contributed by atoms with E-state index in [1.165, 1.54) is 0 Å². The first kappa shape index (κ1) is 12.9. The molecule has 5 heteroatoms. The zero-order chi connectivity index (χ0) is 13.9. The number of hydrogen-bond acceptors (Lipinski definition) is 3. The molecule has 0 unspecified atom stereocenters. The van der Waals surface area contributed by atoms with Gasteiger partial charge in [-0.1, -0.05) is 0 Å². The molecule has 0 aliphatic carbocycles. The van der Waals surface area contributed by atoms with Gasteiger partial charge >= 0.3 is 0 Å². The fourth-order valence-corrected chi connectivity index (χ4v) is 2.49. The largest absolute Gasteiger partial charge is 0.333 e. The molecule has 0 radical (unpaired) electrons. The van der Waals surface area contributed by atoms with Gasteiger partial charge in [-0.25, -0.2) is 4.68 Å². The average molecular weight is 270 g/mol. The maximum Gasteiger partial charge on any atom is 0.254 e. The Morgan fingerprint density at radius 2 is 2.15 bits per heavy atom. The van der Waals surface area contributed by atoms with Crippen LogP contribution in [-0.2, 0) is 0 Å². The van der Waals surface area contributed by atoms with E-state index >= 15 is 0 Å². The van der Waals surface area contributed by atoms with Crippen molar-refractivity contribution in [2.75, 3.05) is 19.6 Å². The Labute approximate surface area is 118 Å². The van der Waals surface area contributed by atoms with E-state index < -0.39 is 0 Å². The second-order valence-corrected chi connectivity index (χ2v) is 5.05. The number of carbonyl (C=O) groups excluding carboxylic acids is 1. The highest BCUT2D eigenvalue weighted by Crippen LogP contribution is 2.13. The molecule has 0 spiro atoms. The summed E-state index contributed by atoms with van der Waals surface area (Å²) in [6, 6.07) is 9.70. The molecule has 1 atom stereocenters. The quantitative estimate of drug-likeness (QED) is 0.895. The highest BCUT2D eigenvalue weighted by atomic mass is 16.2. The number of benzene rings is 1. The fourth-order valence-electron chi connectivity index (χ4n) is 2.49. The Bertz CT molecular complexity index is 576. The van der Waals surface area contributed by atoms with E-state index in [2.05, 4.69) is 17.3 Å². The summed E-state index contributed by atoms with van der Waals surface area (Å²) in [5, 5.41) is 7.47.